The predicted octanol–water partition coefficient (Wildman–Crippen LogP) is 1.29. The van der Waals surface area contributed by atoms with E-state index in [1.807, 2.05) is 30.9 Å². The third-order valence-corrected chi connectivity index (χ3v) is 3.55. The molecule has 4 heteroatoms. The molecule has 19 heavy (non-hydrogen) atoms. The monoisotopic (exact) mass is 262 g/mol. The summed E-state index contributed by atoms with van der Waals surface area (Å²) in [6.45, 7) is 7.45. The third kappa shape index (κ3) is 3.26. The van der Waals surface area contributed by atoms with Gasteiger partial charge in [0.15, 0.2) is 0 Å². The fourth-order valence-electron chi connectivity index (χ4n) is 2.66. The molecule has 1 fully saturated rings. The standard InChI is InChI=1S/C15H22N2O2/c1-11-8-13(9-12(2)15(11)19-3)10-14(18)17-6-4-16-5-7-17/h8-9,16H,4-7,10H2,1-3H3. The van der Waals surface area contributed by atoms with Gasteiger partial charge in [0.25, 0.3) is 0 Å². The zero-order chi connectivity index (χ0) is 13.8. The van der Waals surface area contributed by atoms with Crippen molar-refractivity contribution in [3.8, 4) is 5.75 Å². The van der Waals surface area contributed by atoms with E-state index in [9.17, 15) is 4.79 Å². The Labute approximate surface area is 114 Å². The summed E-state index contributed by atoms with van der Waals surface area (Å²) in [6.07, 6.45) is 0.478. The van der Waals surface area contributed by atoms with E-state index in [0.29, 0.717) is 6.42 Å². The van der Waals surface area contributed by atoms with Gasteiger partial charge in [-0.2, -0.15) is 0 Å². The molecular weight excluding hydrogens is 240 g/mol. The second-order valence-corrected chi connectivity index (χ2v) is 5.07. The van der Waals surface area contributed by atoms with E-state index < -0.39 is 0 Å². The number of amides is 1. The molecule has 1 aliphatic heterocycles. The zero-order valence-electron chi connectivity index (χ0n) is 12.0. The smallest absolute Gasteiger partial charge is 0.227 e. The number of ether oxygens (including phenoxy) is 1. The van der Waals surface area contributed by atoms with Crippen LogP contribution in [0, 0.1) is 13.8 Å². The van der Waals surface area contributed by atoms with Crippen LogP contribution in [0.5, 0.6) is 5.75 Å². The fourth-order valence-corrected chi connectivity index (χ4v) is 2.66. The van der Waals surface area contributed by atoms with Crippen molar-refractivity contribution < 1.29 is 9.53 Å². The maximum atomic E-state index is 12.2. The summed E-state index contributed by atoms with van der Waals surface area (Å²) in [7, 11) is 1.68. The minimum absolute atomic E-state index is 0.213. The quantitative estimate of drug-likeness (QED) is 0.892. The molecule has 0 bridgehead atoms. The molecular formula is C15H22N2O2. The van der Waals surface area contributed by atoms with E-state index in [1.54, 1.807) is 7.11 Å². The first-order chi connectivity index (χ1) is 9.11. The van der Waals surface area contributed by atoms with Crippen molar-refractivity contribution in [2.75, 3.05) is 33.3 Å². The Hall–Kier alpha value is -1.55. The SMILES string of the molecule is COc1c(C)cc(CC(=O)N2CCNCC2)cc1C. The minimum Gasteiger partial charge on any atom is -0.496 e. The highest BCUT2D eigenvalue weighted by molar-refractivity contribution is 5.79. The summed E-state index contributed by atoms with van der Waals surface area (Å²) >= 11 is 0. The summed E-state index contributed by atoms with van der Waals surface area (Å²) in [5.41, 5.74) is 3.25. The Morgan fingerprint density at radius 3 is 2.37 bits per heavy atom. The molecule has 1 aliphatic rings. The lowest BCUT2D eigenvalue weighted by atomic mass is 10.0. The number of carbonyl (C=O) groups excluding carboxylic acids is 1. The minimum atomic E-state index is 0.213. The first-order valence-electron chi connectivity index (χ1n) is 6.74. The number of nitrogens with zero attached hydrogens (tertiary/aromatic N) is 1. The van der Waals surface area contributed by atoms with Gasteiger partial charge in [-0.05, 0) is 30.5 Å². The van der Waals surface area contributed by atoms with E-state index in [0.717, 1.165) is 48.6 Å². The van der Waals surface area contributed by atoms with Crippen LogP contribution >= 0.6 is 0 Å². The molecule has 0 spiro atoms. The topological polar surface area (TPSA) is 41.6 Å². The second kappa shape index (κ2) is 6.06. The third-order valence-electron chi connectivity index (χ3n) is 3.55. The highest BCUT2D eigenvalue weighted by Crippen LogP contribution is 2.24. The van der Waals surface area contributed by atoms with Crippen LogP contribution in [0.1, 0.15) is 16.7 Å². The molecule has 1 N–H and O–H groups in total. The largest absolute Gasteiger partial charge is 0.496 e. The van der Waals surface area contributed by atoms with Crippen LogP contribution in [0.4, 0.5) is 0 Å². The van der Waals surface area contributed by atoms with Crippen LogP contribution in [0.25, 0.3) is 0 Å². The number of benzene rings is 1. The van der Waals surface area contributed by atoms with E-state index >= 15 is 0 Å². The number of hydrogen-bond acceptors (Lipinski definition) is 3. The maximum Gasteiger partial charge on any atom is 0.227 e. The van der Waals surface area contributed by atoms with Gasteiger partial charge in [0.2, 0.25) is 5.91 Å². The molecule has 0 saturated carbocycles. The molecule has 104 valence electrons. The van der Waals surface area contributed by atoms with E-state index in [2.05, 4.69) is 5.32 Å². The van der Waals surface area contributed by atoms with Crippen molar-refractivity contribution in [1.29, 1.82) is 0 Å². The molecule has 0 aromatic heterocycles. The molecule has 1 aromatic carbocycles. The van der Waals surface area contributed by atoms with E-state index in [-0.39, 0.29) is 5.91 Å². The van der Waals surface area contributed by atoms with Crippen LogP contribution in [0.15, 0.2) is 12.1 Å². The summed E-state index contributed by atoms with van der Waals surface area (Å²) < 4.78 is 5.35. The van der Waals surface area contributed by atoms with Crippen LogP contribution in [0.2, 0.25) is 0 Å². The molecule has 1 amide bonds. The Balaban J connectivity index is 2.08. The molecule has 1 heterocycles. The molecule has 0 aliphatic carbocycles. The van der Waals surface area contributed by atoms with Gasteiger partial charge < -0.3 is 15.0 Å². The van der Waals surface area contributed by atoms with Crippen molar-refractivity contribution in [1.82, 2.24) is 10.2 Å². The van der Waals surface area contributed by atoms with Crippen LogP contribution < -0.4 is 10.1 Å². The summed E-state index contributed by atoms with van der Waals surface area (Å²) in [5, 5.41) is 3.26. The number of nitrogens with one attached hydrogen (secondary N) is 1. The Morgan fingerprint density at radius 1 is 1.26 bits per heavy atom. The summed E-state index contributed by atoms with van der Waals surface area (Å²) in [5.74, 6) is 1.13. The van der Waals surface area contributed by atoms with Gasteiger partial charge in [0, 0.05) is 26.2 Å². The van der Waals surface area contributed by atoms with E-state index in [4.69, 9.17) is 4.74 Å². The predicted molar refractivity (Wildman–Crippen MR) is 75.6 cm³/mol. The average molecular weight is 262 g/mol. The van der Waals surface area contributed by atoms with Gasteiger partial charge in [-0.1, -0.05) is 12.1 Å². The van der Waals surface area contributed by atoms with Gasteiger partial charge in [-0.25, -0.2) is 0 Å². The average Bonchev–Trinajstić information content (AvgIpc) is 2.39. The maximum absolute atomic E-state index is 12.2. The lowest BCUT2D eigenvalue weighted by molar-refractivity contribution is -0.131. The van der Waals surface area contributed by atoms with Gasteiger partial charge in [-0.3, -0.25) is 4.79 Å². The van der Waals surface area contributed by atoms with Crippen LogP contribution in [-0.4, -0.2) is 44.1 Å². The van der Waals surface area contributed by atoms with E-state index in [1.165, 1.54) is 0 Å². The van der Waals surface area contributed by atoms with Crippen molar-refractivity contribution in [3.05, 3.63) is 28.8 Å². The molecule has 2 rings (SSSR count). The lowest BCUT2D eigenvalue weighted by Crippen LogP contribution is -2.46. The molecule has 1 aromatic rings. The second-order valence-electron chi connectivity index (χ2n) is 5.07. The van der Waals surface area contributed by atoms with Gasteiger partial charge in [0.05, 0.1) is 13.5 Å². The van der Waals surface area contributed by atoms with Crippen LogP contribution in [-0.2, 0) is 11.2 Å². The first kappa shape index (κ1) is 13.9. The molecule has 4 nitrogen and oxygen atoms in total. The molecule has 0 radical (unpaired) electrons. The number of hydrogen-bond donors (Lipinski definition) is 1. The van der Waals surface area contributed by atoms with Gasteiger partial charge >= 0.3 is 0 Å². The fraction of sp³-hybridized carbons (Fsp3) is 0.533. The highest BCUT2D eigenvalue weighted by Gasteiger charge is 2.17. The van der Waals surface area contributed by atoms with Gasteiger partial charge in [-0.15, -0.1) is 0 Å². The van der Waals surface area contributed by atoms with Crippen LogP contribution in [0.3, 0.4) is 0 Å². The Bertz CT molecular complexity index is 442. The zero-order valence-corrected chi connectivity index (χ0v) is 12.0. The number of carbonyl (C=O) groups is 1. The number of piperazine rings is 1. The Morgan fingerprint density at radius 2 is 1.84 bits per heavy atom. The van der Waals surface area contributed by atoms with Gasteiger partial charge in [0.1, 0.15) is 5.75 Å². The number of methoxy groups -OCH3 is 1. The number of aryl methyl sites for hydroxylation is 2. The summed E-state index contributed by atoms with van der Waals surface area (Å²) in [6, 6.07) is 4.10. The normalized spacial score (nSPS) is 15.4. The lowest BCUT2D eigenvalue weighted by Gasteiger charge is -2.27. The van der Waals surface area contributed by atoms with Crippen molar-refractivity contribution in [3.63, 3.8) is 0 Å². The van der Waals surface area contributed by atoms with Crippen molar-refractivity contribution in [2.24, 2.45) is 0 Å². The van der Waals surface area contributed by atoms with Crippen molar-refractivity contribution >= 4 is 5.91 Å². The molecule has 1 saturated heterocycles. The first-order valence-corrected chi connectivity index (χ1v) is 6.74. The van der Waals surface area contributed by atoms with Crippen molar-refractivity contribution in [2.45, 2.75) is 20.3 Å². The summed E-state index contributed by atoms with van der Waals surface area (Å²) in [4.78, 5) is 14.1. The molecule has 0 unspecified atom stereocenters. The highest BCUT2D eigenvalue weighted by atomic mass is 16.5. The molecule has 0 atom stereocenters. The Kier molecular flexibility index (Phi) is 4.43. The number of rotatable bonds is 3.